The Morgan fingerprint density at radius 2 is 1.84 bits per heavy atom. The Labute approximate surface area is 181 Å². The van der Waals surface area contributed by atoms with Gasteiger partial charge in [0.1, 0.15) is 10.6 Å². The summed E-state index contributed by atoms with van der Waals surface area (Å²) in [5.74, 6) is 1.13. The molecule has 166 valence electrons. The lowest BCUT2D eigenvalue weighted by atomic mass is 9.96. The standard InChI is InChI=1S/C22H26N2O6S/c1-28-19-10-8-16(12-21(19)31(26,27)24-17-5-3-2-4-6-17)22(25)23-13-15-7-9-18-20(11-15)30-14-29-18/h7-12,17,24H,2-6,13-14H2,1H3,(H,23,25). The zero-order valence-electron chi connectivity index (χ0n) is 17.3. The Hall–Kier alpha value is -2.78. The van der Waals surface area contributed by atoms with Gasteiger partial charge in [-0.15, -0.1) is 0 Å². The first kappa shape index (κ1) is 21.5. The Bertz CT molecular complexity index is 1060. The number of carbonyl (C=O) groups excluding carboxylic acids is 1. The molecule has 1 saturated carbocycles. The predicted octanol–water partition coefficient (Wildman–Crippen LogP) is 2.96. The summed E-state index contributed by atoms with van der Waals surface area (Å²) in [4.78, 5) is 12.7. The number of methoxy groups -OCH3 is 1. The van der Waals surface area contributed by atoms with E-state index in [9.17, 15) is 13.2 Å². The molecule has 2 N–H and O–H groups in total. The molecular formula is C22H26N2O6S. The molecule has 31 heavy (non-hydrogen) atoms. The third-order valence-corrected chi connectivity index (χ3v) is 7.07. The molecule has 4 rings (SSSR count). The molecule has 2 aliphatic rings. The van der Waals surface area contributed by atoms with Gasteiger partial charge in [0.05, 0.1) is 7.11 Å². The summed E-state index contributed by atoms with van der Waals surface area (Å²) in [6, 6.07) is 9.76. The fourth-order valence-electron chi connectivity index (χ4n) is 3.87. The van der Waals surface area contributed by atoms with Crippen molar-refractivity contribution in [1.29, 1.82) is 0 Å². The van der Waals surface area contributed by atoms with Gasteiger partial charge in [-0.1, -0.05) is 25.3 Å². The van der Waals surface area contributed by atoms with E-state index in [1.165, 1.54) is 19.2 Å². The topological polar surface area (TPSA) is 103 Å². The van der Waals surface area contributed by atoms with E-state index in [1.807, 2.05) is 6.07 Å². The van der Waals surface area contributed by atoms with Crippen molar-refractivity contribution in [3.8, 4) is 17.2 Å². The van der Waals surface area contributed by atoms with Crippen LogP contribution in [-0.2, 0) is 16.6 Å². The van der Waals surface area contributed by atoms with Crippen LogP contribution in [0.2, 0.25) is 0 Å². The lowest BCUT2D eigenvalue weighted by Crippen LogP contribution is -2.36. The van der Waals surface area contributed by atoms with Gasteiger partial charge in [-0.05, 0) is 48.7 Å². The van der Waals surface area contributed by atoms with Gasteiger partial charge < -0.3 is 19.5 Å². The number of fused-ring (bicyclic) bond motifs is 1. The molecule has 1 heterocycles. The van der Waals surface area contributed by atoms with E-state index in [4.69, 9.17) is 14.2 Å². The second-order valence-corrected chi connectivity index (χ2v) is 9.37. The molecule has 0 spiro atoms. The Morgan fingerprint density at radius 3 is 2.61 bits per heavy atom. The number of hydrogen-bond acceptors (Lipinski definition) is 6. The van der Waals surface area contributed by atoms with Crippen LogP contribution in [0.3, 0.4) is 0 Å². The zero-order chi connectivity index (χ0) is 21.8. The van der Waals surface area contributed by atoms with E-state index >= 15 is 0 Å². The molecule has 1 aliphatic heterocycles. The monoisotopic (exact) mass is 446 g/mol. The molecular weight excluding hydrogens is 420 g/mol. The molecule has 1 aliphatic carbocycles. The Morgan fingerprint density at radius 1 is 1.06 bits per heavy atom. The van der Waals surface area contributed by atoms with Gasteiger partial charge in [-0.3, -0.25) is 4.79 Å². The Kier molecular flexibility index (Phi) is 6.33. The first-order valence-electron chi connectivity index (χ1n) is 10.3. The zero-order valence-corrected chi connectivity index (χ0v) is 18.2. The highest BCUT2D eigenvalue weighted by molar-refractivity contribution is 7.89. The van der Waals surface area contributed by atoms with E-state index in [0.717, 1.165) is 37.7 Å². The lowest BCUT2D eigenvalue weighted by Gasteiger charge is -2.23. The SMILES string of the molecule is COc1ccc(C(=O)NCc2ccc3c(c2)OCO3)cc1S(=O)(=O)NC1CCCCC1. The highest BCUT2D eigenvalue weighted by atomic mass is 32.2. The molecule has 0 unspecified atom stereocenters. The number of sulfonamides is 1. The fourth-order valence-corrected chi connectivity index (χ4v) is 5.37. The predicted molar refractivity (Wildman–Crippen MR) is 114 cm³/mol. The second kappa shape index (κ2) is 9.15. The van der Waals surface area contributed by atoms with Gasteiger partial charge in [-0.25, -0.2) is 13.1 Å². The van der Waals surface area contributed by atoms with Crippen molar-refractivity contribution in [1.82, 2.24) is 10.0 Å². The summed E-state index contributed by atoms with van der Waals surface area (Å²) in [7, 11) is -2.41. The summed E-state index contributed by atoms with van der Waals surface area (Å²) in [5, 5.41) is 2.81. The highest BCUT2D eigenvalue weighted by Gasteiger charge is 2.26. The van der Waals surface area contributed by atoms with Crippen LogP contribution in [0.4, 0.5) is 0 Å². The molecule has 2 aromatic carbocycles. The Balaban J connectivity index is 1.48. The first-order chi connectivity index (χ1) is 15.0. The number of rotatable bonds is 7. The third-order valence-electron chi connectivity index (χ3n) is 5.53. The van der Waals surface area contributed by atoms with Crippen LogP contribution in [-0.4, -0.2) is 34.3 Å². The van der Waals surface area contributed by atoms with Crippen molar-refractivity contribution in [3.63, 3.8) is 0 Å². The first-order valence-corrected chi connectivity index (χ1v) is 11.8. The second-order valence-electron chi connectivity index (χ2n) is 7.69. The van der Waals surface area contributed by atoms with E-state index < -0.39 is 10.0 Å². The quantitative estimate of drug-likeness (QED) is 0.678. The molecule has 0 aromatic heterocycles. The molecule has 2 aromatic rings. The number of ether oxygens (including phenoxy) is 3. The van der Waals surface area contributed by atoms with Crippen LogP contribution in [0.15, 0.2) is 41.3 Å². The molecule has 1 amide bonds. The van der Waals surface area contributed by atoms with Crippen molar-refractivity contribution >= 4 is 15.9 Å². The van der Waals surface area contributed by atoms with Crippen LogP contribution >= 0.6 is 0 Å². The summed E-state index contributed by atoms with van der Waals surface area (Å²) in [6.45, 7) is 0.451. The molecule has 9 heteroatoms. The van der Waals surface area contributed by atoms with Crippen LogP contribution < -0.4 is 24.2 Å². The van der Waals surface area contributed by atoms with Crippen molar-refractivity contribution in [2.45, 2.75) is 49.6 Å². The van der Waals surface area contributed by atoms with Gasteiger partial charge in [0.2, 0.25) is 16.8 Å². The largest absolute Gasteiger partial charge is 0.495 e. The number of hydrogen-bond donors (Lipinski definition) is 2. The van der Waals surface area contributed by atoms with Gasteiger partial charge in [0.15, 0.2) is 11.5 Å². The molecule has 8 nitrogen and oxygen atoms in total. The van der Waals surface area contributed by atoms with Gasteiger partial charge in [0, 0.05) is 18.2 Å². The molecule has 1 fully saturated rings. The smallest absolute Gasteiger partial charge is 0.251 e. The number of amides is 1. The van der Waals surface area contributed by atoms with Crippen molar-refractivity contribution in [2.75, 3.05) is 13.9 Å². The van der Waals surface area contributed by atoms with Crippen LogP contribution in [0.1, 0.15) is 48.0 Å². The van der Waals surface area contributed by atoms with Crippen LogP contribution in [0.25, 0.3) is 0 Å². The van der Waals surface area contributed by atoms with Gasteiger partial charge >= 0.3 is 0 Å². The molecule has 0 radical (unpaired) electrons. The summed E-state index contributed by atoms with van der Waals surface area (Å²) in [6.07, 6.45) is 4.77. The number of nitrogens with one attached hydrogen (secondary N) is 2. The van der Waals surface area contributed by atoms with Crippen LogP contribution in [0, 0.1) is 0 Å². The van der Waals surface area contributed by atoms with E-state index in [-0.39, 0.29) is 41.5 Å². The van der Waals surface area contributed by atoms with E-state index in [1.54, 1.807) is 18.2 Å². The summed E-state index contributed by atoms with van der Waals surface area (Å²) < 4.78 is 44.6. The molecule has 0 saturated heterocycles. The van der Waals surface area contributed by atoms with Gasteiger partial charge in [0.25, 0.3) is 5.91 Å². The van der Waals surface area contributed by atoms with Crippen LogP contribution in [0.5, 0.6) is 17.2 Å². The lowest BCUT2D eigenvalue weighted by molar-refractivity contribution is 0.0950. The number of benzene rings is 2. The van der Waals surface area contributed by atoms with Gasteiger partial charge in [-0.2, -0.15) is 0 Å². The van der Waals surface area contributed by atoms with Crippen molar-refractivity contribution in [3.05, 3.63) is 47.5 Å². The highest BCUT2D eigenvalue weighted by Crippen LogP contribution is 2.32. The van der Waals surface area contributed by atoms with Crippen molar-refractivity contribution < 1.29 is 27.4 Å². The van der Waals surface area contributed by atoms with Crippen molar-refractivity contribution in [2.24, 2.45) is 0 Å². The minimum absolute atomic E-state index is 0.0312. The fraction of sp³-hybridized carbons (Fsp3) is 0.409. The number of carbonyl (C=O) groups is 1. The summed E-state index contributed by atoms with van der Waals surface area (Å²) >= 11 is 0. The minimum Gasteiger partial charge on any atom is -0.495 e. The van der Waals surface area contributed by atoms with E-state index in [2.05, 4.69) is 10.0 Å². The average Bonchev–Trinajstić information content (AvgIpc) is 3.25. The molecule has 0 atom stereocenters. The summed E-state index contributed by atoms with van der Waals surface area (Å²) in [5.41, 5.74) is 1.09. The minimum atomic E-state index is -3.82. The maximum absolute atomic E-state index is 13.0. The third kappa shape index (κ3) is 4.94. The maximum atomic E-state index is 13.0. The average molecular weight is 447 g/mol. The molecule has 0 bridgehead atoms. The van der Waals surface area contributed by atoms with E-state index in [0.29, 0.717) is 11.5 Å². The maximum Gasteiger partial charge on any atom is 0.251 e. The normalized spacial score (nSPS) is 16.2.